The van der Waals surface area contributed by atoms with Crippen molar-refractivity contribution in [2.45, 2.75) is 60.6 Å². The van der Waals surface area contributed by atoms with Crippen molar-refractivity contribution in [1.29, 1.82) is 0 Å². The smallest absolute Gasteiger partial charge is 0.349 e. The minimum absolute atomic E-state index is 0.0143. The standard InChI is InChI=1S/C31H39NO9S/c1-7-16-37-25-20-31(30(36)40-19-10-4,42-24-14-12-11-13-15-24)41-29(27(25)32(22(5)34)23(6)35)28(39-18-9-3)26(21-33)38-17-8-2/h7-15,21,25-29H,1-4,16-20H2,5-6H3/t25-,26+,27+,28+,29+,31-/m0/s1. The maximum absolute atomic E-state index is 13.8. The SMILES string of the molecule is C=CCOC(=O)[C@@]1(Sc2ccccc2)C[C@H](OCC=C)[C@@H](N(C(C)=O)C(C)=O)[C@H]([C@H](OCC=C)[C@@H](C=O)OCC=C)O1. The lowest BCUT2D eigenvalue weighted by Crippen LogP contribution is -2.68. The Kier molecular flexibility index (Phi) is 14.6. The number of rotatable bonds is 18. The molecule has 10 nitrogen and oxygen atoms in total. The van der Waals surface area contributed by atoms with Crippen LogP contribution in [0.5, 0.6) is 0 Å². The summed E-state index contributed by atoms with van der Waals surface area (Å²) in [6.07, 6.45) is 1.45. The van der Waals surface area contributed by atoms with Crippen molar-refractivity contribution >= 4 is 35.8 Å². The Hall–Kier alpha value is -3.35. The van der Waals surface area contributed by atoms with Crippen LogP contribution in [-0.4, -0.2) is 90.8 Å². The van der Waals surface area contributed by atoms with Gasteiger partial charge in [-0.05, 0) is 12.1 Å². The van der Waals surface area contributed by atoms with E-state index in [1.165, 1.54) is 38.2 Å². The van der Waals surface area contributed by atoms with Gasteiger partial charge in [-0.2, -0.15) is 0 Å². The van der Waals surface area contributed by atoms with Crippen LogP contribution in [0.15, 0.2) is 85.8 Å². The minimum atomic E-state index is -1.77. The lowest BCUT2D eigenvalue weighted by atomic mass is 9.88. The van der Waals surface area contributed by atoms with Gasteiger partial charge >= 0.3 is 5.97 Å². The van der Waals surface area contributed by atoms with Gasteiger partial charge in [-0.15, -0.1) is 19.7 Å². The molecule has 0 bridgehead atoms. The van der Waals surface area contributed by atoms with Crippen LogP contribution in [0.2, 0.25) is 0 Å². The fourth-order valence-corrected chi connectivity index (χ4v) is 5.83. The quantitative estimate of drug-likeness (QED) is 0.140. The van der Waals surface area contributed by atoms with Crippen LogP contribution in [0.3, 0.4) is 0 Å². The van der Waals surface area contributed by atoms with Crippen LogP contribution in [0, 0.1) is 0 Å². The van der Waals surface area contributed by atoms with Gasteiger partial charge in [0.1, 0.15) is 24.9 Å². The average molecular weight is 602 g/mol. The molecule has 228 valence electrons. The van der Waals surface area contributed by atoms with Gasteiger partial charge < -0.3 is 28.5 Å². The first-order chi connectivity index (χ1) is 20.2. The summed E-state index contributed by atoms with van der Waals surface area (Å²) in [7, 11) is 0. The summed E-state index contributed by atoms with van der Waals surface area (Å²) in [5.74, 6) is -1.94. The number of esters is 1. The molecule has 1 aliphatic rings. The molecule has 11 heteroatoms. The molecule has 42 heavy (non-hydrogen) atoms. The fraction of sp³-hybridized carbons (Fsp3) is 0.419. The highest BCUT2D eigenvalue weighted by molar-refractivity contribution is 8.01. The molecule has 0 spiro atoms. The van der Waals surface area contributed by atoms with Crippen molar-refractivity contribution in [3.8, 4) is 0 Å². The molecule has 0 aliphatic carbocycles. The lowest BCUT2D eigenvalue weighted by Gasteiger charge is -2.51. The van der Waals surface area contributed by atoms with Crippen LogP contribution in [0.25, 0.3) is 0 Å². The summed E-state index contributed by atoms with van der Waals surface area (Å²) in [6.45, 7) is 17.0. The highest BCUT2D eigenvalue weighted by atomic mass is 32.2. The summed E-state index contributed by atoms with van der Waals surface area (Å²) in [4.78, 5) is 51.9. The fourth-order valence-electron chi connectivity index (χ4n) is 4.61. The molecule has 1 heterocycles. The molecule has 1 aliphatic heterocycles. The van der Waals surface area contributed by atoms with E-state index in [1.54, 1.807) is 24.3 Å². The lowest BCUT2D eigenvalue weighted by molar-refractivity contribution is -0.229. The topological polar surface area (TPSA) is 118 Å². The second-order valence-electron chi connectivity index (χ2n) is 9.21. The number of benzene rings is 1. The number of hydrogen-bond acceptors (Lipinski definition) is 10. The first-order valence-electron chi connectivity index (χ1n) is 13.3. The minimum Gasteiger partial charge on any atom is -0.459 e. The van der Waals surface area contributed by atoms with Gasteiger partial charge in [0.05, 0.1) is 32.0 Å². The van der Waals surface area contributed by atoms with E-state index in [4.69, 9.17) is 23.7 Å². The number of imide groups is 1. The second kappa shape index (κ2) is 17.6. The molecule has 0 radical (unpaired) electrons. The zero-order chi connectivity index (χ0) is 31.1. The van der Waals surface area contributed by atoms with Crippen molar-refractivity contribution in [3.05, 3.63) is 81.0 Å². The van der Waals surface area contributed by atoms with E-state index in [0.29, 0.717) is 11.2 Å². The Balaban J connectivity index is 2.85. The molecule has 1 fully saturated rings. The summed E-state index contributed by atoms with van der Waals surface area (Å²) >= 11 is 1.07. The van der Waals surface area contributed by atoms with Gasteiger partial charge in [-0.3, -0.25) is 14.5 Å². The van der Waals surface area contributed by atoms with Gasteiger partial charge in [-0.25, -0.2) is 4.79 Å². The second-order valence-corrected chi connectivity index (χ2v) is 10.5. The number of carbonyl (C=O) groups excluding carboxylic acids is 4. The molecule has 0 N–H and O–H groups in total. The van der Waals surface area contributed by atoms with Crippen molar-refractivity contribution in [1.82, 2.24) is 4.90 Å². The Morgan fingerprint density at radius 2 is 1.57 bits per heavy atom. The normalized spacial score (nSPS) is 23.0. The van der Waals surface area contributed by atoms with Gasteiger partial charge in [0, 0.05) is 25.2 Å². The van der Waals surface area contributed by atoms with E-state index in [0.717, 1.165) is 16.7 Å². The monoisotopic (exact) mass is 601 g/mol. The van der Waals surface area contributed by atoms with Gasteiger partial charge in [0.15, 0.2) is 6.29 Å². The van der Waals surface area contributed by atoms with Crippen molar-refractivity contribution in [2.75, 3.05) is 26.4 Å². The van der Waals surface area contributed by atoms with Gasteiger partial charge in [0.2, 0.25) is 16.7 Å². The molecule has 0 unspecified atom stereocenters. The van der Waals surface area contributed by atoms with Crippen molar-refractivity contribution in [2.24, 2.45) is 0 Å². The third kappa shape index (κ3) is 9.07. The predicted octanol–water partition coefficient (Wildman–Crippen LogP) is 3.67. The third-order valence-electron chi connectivity index (χ3n) is 6.18. The predicted molar refractivity (Wildman–Crippen MR) is 159 cm³/mol. The summed E-state index contributed by atoms with van der Waals surface area (Å²) in [5.41, 5.74) is 0. The van der Waals surface area contributed by atoms with Crippen LogP contribution in [0.1, 0.15) is 20.3 Å². The first kappa shape index (κ1) is 34.8. The van der Waals surface area contributed by atoms with E-state index < -0.39 is 53.2 Å². The number of aldehydes is 1. The summed E-state index contributed by atoms with van der Waals surface area (Å²) < 4.78 is 30.1. The summed E-state index contributed by atoms with van der Waals surface area (Å²) in [5, 5.41) is 0. The molecular formula is C31H39NO9S. The maximum Gasteiger partial charge on any atom is 0.349 e. The highest BCUT2D eigenvalue weighted by Crippen LogP contribution is 2.47. The molecule has 0 saturated carbocycles. The van der Waals surface area contributed by atoms with Gasteiger partial charge in [-0.1, -0.05) is 60.8 Å². The zero-order valence-electron chi connectivity index (χ0n) is 24.1. The maximum atomic E-state index is 13.8. The number of ether oxygens (including phenoxy) is 5. The van der Waals surface area contributed by atoms with E-state index >= 15 is 0 Å². The van der Waals surface area contributed by atoms with Crippen molar-refractivity contribution < 1.29 is 42.9 Å². The largest absolute Gasteiger partial charge is 0.459 e. The average Bonchev–Trinajstić information content (AvgIpc) is 2.97. The number of nitrogens with zero attached hydrogens (tertiary/aromatic N) is 1. The zero-order valence-corrected chi connectivity index (χ0v) is 24.9. The van der Waals surface area contributed by atoms with Crippen LogP contribution in [-0.2, 0) is 42.9 Å². The number of thioether (sulfide) groups is 1. The van der Waals surface area contributed by atoms with Crippen molar-refractivity contribution in [3.63, 3.8) is 0 Å². The Morgan fingerprint density at radius 1 is 0.976 bits per heavy atom. The number of carbonyl (C=O) groups is 4. The summed E-state index contributed by atoms with van der Waals surface area (Å²) in [6, 6.07) is 7.87. The molecule has 2 amide bonds. The molecule has 6 atom stereocenters. The van der Waals surface area contributed by atoms with Crippen LogP contribution in [0.4, 0.5) is 0 Å². The van der Waals surface area contributed by atoms with Gasteiger partial charge in [0.25, 0.3) is 0 Å². The van der Waals surface area contributed by atoms with Crippen LogP contribution < -0.4 is 0 Å². The number of hydrogen-bond donors (Lipinski definition) is 0. The Bertz CT molecular complexity index is 1100. The Morgan fingerprint density at radius 3 is 2.12 bits per heavy atom. The molecule has 2 rings (SSSR count). The van der Waals surface area contributed by atoms with E-state index in [-0.39, 0.29) is 32.8 Å². The third-order valence-corrected chi connectivity index (χ3v) is 7.45. The number of amides is 2. The van der Waals surface area contributed by atoms with E-state index in [2.05, 4.69) is 26.3 Å². The molecule has 1 aromatic carbocycles. The van der Waals surface area contributed by atoms with Crippen LogP contribution >= 0.6 is 11.8 Å². The molecule has 0 aromatic heterocycles. The highest BCUT2D eigenvalue weighted by Gasteiger charge is 2.59. The van der Waals surface area contributed by atoms with E-state index in [9.17, 15) is 19.2 Å². The molecule has 1 aromatic rings. The Labute approximate surface area is 251 Å². The first-order valence-corrected chi connectivity index (χ1v) is 14.1. The molecule has 1 saturated heterocycles. The molecular weight excluding hydrogens is 562 g/mol. The van der Waals surface area contributed by atoms with E-state index in [1.807, 2.05) is 6.07 Å².